The zero-order valence-corrected chi connectivity index (χ0v) is 9.66. The van der Waals surface area contributed by atoms with Crippen molar-refractivity contribution in [1.82, 2.24) is 10.3 Å². The number of pyridine rings is 1. The van der Waals surface area contributed by atoms with Gasteiger partial charge >= 0.3 is 0 Å². The molecule has 2 rings (SSSR count). The van der Waals surface area contributed by atoms with Crippen molar-refractivity contribution in [3.8, 4) is 0 Å². The lowest BCUT2D eigenvalue weighted by Crippen LogP contribution is -2.48. The Bertz CT molecular complexity index is 388. The second-order valence-electron chi connectivity index (χ2n) is 4.36. The SMILES string of the molecule is Cc1cccc(NC(=O)C(C)C2CNC2)n1. The van der Waals surface area contributed by atoms with Gasteiger partial charge in [-0.2, -0.15) is 0 Å². The van der Waals surface area contributed by atoms with Gasteiger partial charge in [-0.15, -0.1) is 0 Å². The van der Waals surface area contributed by atoms with E-state index in [9.17, 15) is 4.79 Å². The second-order valence-corrected chi connectivity index (χ2v) is 4.36. The van der Waals surface area contributed by atoms with Gasteiger partial charge in [0.15, 0.2) is 0 Å². The number of hydrogen-bond acceptors (Lipinski definition) is 3. The number of hydrogen-bond donors (Lipinski definition) is 2. The average molecular weight is 219 g/mol. The number of rotatable bonds is 3. The van der Waals surface area contributed by atoms with Gasteiger partial charge in [0.2, 0.25) is 5.91 Å². The first-order chi connectivity index (χ1) is 7.66. The topological polar surface area (TPSA) is 54.0 Å². The Morgan fingerprint density at radius 1 is 1.56 bits per heavy atom. The van der Waals surface area contributed by atoms with Gasteiger partial charge in [-0.3, -0.25) is 4.79 Å². The standard InChI is InChI=1S/C12H17N3O/c1-8-4-3-5-11(14-8)15-12(16)9(2)10-6-13-7-10/h3-5,9-10,13H,6-7H2,1-2H3,(H,14,15,16). The molecule has 1 amide bonds. The third kappa shape index (κ3) is 2.39. The molecule has 0 aliphatic carbocycles. The Morgan fingerprint density at radius 2 is 2.31 bits per heavy atom. The summed E-state index contributed by atoms with van der Waals surface area (Å²) in [7, 11) is 0. The van der Waals surface area contributed by atoms with E-state index in [0.29, 0.717) is 11.7 Å². The molecule has 1 atom stereocenters. The monoisotopic (exact) mass is 219 g/mol. The van der Waals surface area contributed by atoms with Crippen LogP contribution in [0.1, 0.15) is 12.6 Å². The Hall–Kier alpha value is -1.42. The van der Waals surface area contributed by atoms with E-state index in [1.807, 2.05) is 32.0 Å². The summed E-state index contributed by atoms with van der Waals surface area (Å²) >= 11 is 0. The molecule has 0 radical (unpaired) electrons. The van der Waals surface area contributed by atoms with Crippen molar-refractivity contribution in [2.75, 3.05) is 18.4 Å². The summed E-state index contributed by atoms with van der Waals surface area (Å²) < 4.78 is 0. The molecule has 0 saturated carbocycles. The Labute approximate surface area is 95.5 Å². The van der Waals surface area contributed by atoms with Crippen LogP contribution in [0.25, 0.3) is 0 Å². The van der Waals surface area contributed by atoms with Crippen LogP contribution in [0.15, 0.2) is 18.2 Å². The molecule has 0 spiro atoms. The number of aromatic nitrogens is 1. The predicted molar refractivity (Wildman–Crippen MR) is 63.1 cm³/mol. The van der Waals surface area contributed by atoms with E-state index in [2.05, 4.69) is 15.6 Å². The van der Waals surface area contributed by atoms with Crippen molar-refractivity contribution >= 4 is 11.7 Å². The average Bonchev–Trinajstić information content (AvgIpc) is 2.14. The highest BCUT2D eigenvalue weighted by atomic mass is 16.1. The zero-order chi connectivity index (χ0) is 11.5. The van der Waals surface area contributed by atoms with Gasteiger partial charge in [-0.05, 0) is 38.1 Å². The third-order valence-electron chi connectivity index (χ3n) is 3.07. The summed E-state index contributed by atoms with van der Waals surface area (Å²) in [6.07, 6.45) is 0. The van der Waals surface area contributed by atoms with Gasteiger partial charge in [0.05, 0.1) is 0 Å². The van der Waals surface area contributed by atoms with Crippen molar-refractivity contribution in [1.29, 1.82) is 0 Å². The number of nitrogens with one attached hydrogen (secondary N) is 2. The van der Waals surface area contributed by atoms with Crippen LogP contribution in [-0.2, 0) is 4.79 Å². The maximum Gasteiger partial charge on any atom is 0.228 e. The van der Waals surface area contributed by atoms with Crippen molar-refractivity contribution in [3.05, 3.63) is 23.9 Å². The first-order valence-corrected chi connectivity index (χ1v) is 5.62. The lowest BCUT2D eigenvalue weighted by molar-refractivity contribution is -0.121. The second kappa shape index (κ2) is 4.61. The Balaban J connectivity index is 1.96. The molecule has 2 heterocycles. The van der Waals surface area contributed by atoms with Gasteiger partial charge in [-0.1, -0.05) is 13.0 Å². The highest BCUT2D eigenvalue weighted by Crippen LogP contribution is 2.17. The molecule has 1 aromatic rings. The van der Waals surface area contributed by atoms with Crippen molar-refractivity contribution in [2.24, 2.45) is 11.8 Å². The molecule has 1 saturated heterocycles. The fraction of sp³-hybridized carbons (Fsp3) is 0.500. The van der Waals surface area contributed by atoms with E-state index >= 15 is 0 Å². The molecule has 1 aliphatic heterocycles. The van der Waals surface area contributed by atoms with E-state index < -0.39 is 0 Å². The van der Waals surface area contributed by atoms with E-state index in [0.717, 1.165) is 18.8 Å². The first kappa shape index (κ1) is 11.1. The summed E-state index contributed by atoms with van der Waals surface area (Å²) in [6, 6.07) is 5.62. The molecule has 16 heavy (non-hydrogen) atoms. The van der Waals surface area contributed by atoms with Gasteiger partial charge in [-0.25, -0.2) is 4.98 Å². The summed E-state index contributed by atoms with van der Waals surface area (Å²) in [5.74, 6) is 1.21. The molecule has 1 aromatic heterocycles. The van der Waals surface area contributed by atoms with Crippen LogP contribution in [-0.4, -0.2) is 24.0 Å². The van der Waals surface area contributed by atoms with Gasteiger partial charge in [0.1, 0.15) is 5.82 Å². The number of carbonyl (C=O) groups is 1. The van der Waals surface area contributed by atoms with Crippen molar-refractivity contribution < 1.29 is 4.79 Å². The van der Waals surface area contributed by atoms with Crippen LogP contribution >= 0.6 is 0 Å². The fourth-order valence-corrected chi connectivity index (χ4v) is 1.73. The minimum atomic E-state index is 0.0450. The first-order valence-electron chi connectivity index (χ1n) is 5.62. The van der Waals surface area contributed by atoms with Crippen molar-refractivity contribution in [3.63, 3.8) is 0 Å². The lowest BCUT2D eigenvalue weighted by atomic mass is 9.88. The molecule has 1 fully saturated rings. The quantitative estimate of drug-likeness (QED) is 0.802. The van der Waals surface area contributed by atoms with Gasteiger partial charge in [0.25, 0.3) is 0 Å². The molecule has 86 valence electrons. The Morgan fingerprint density at radius 3 is 2.88 bits per heavy atom. The van der Waals surface area contributed by atoms with Crippen LogP contribution in [0.5, 0.6) is 0 Å². The minimum Gasteiger partial charge on any atom is -0.316 e. The van der Waals surface area contributed by atoms with Crippen LogP contribution < -0.4 is 10.6 Å². The minimum absolute atomic E-state index is 0.0450. The molecule has 1 unspecified atom stereocenters. The molecule has 2 N–H and O–H groups in total. The molecule has 0 aromatic carbocycles. The van der Waals surface area contributed by atoms with Crippen LogP contribution in [0.3, 0.4) is 0 Å². The molecule has 0 bridgehead atoms. The summed E-state index contributed by atoms with van der Waals surface area (Å²) in [6.45, 7) is 5.76. The molecular weight excluding hydrogens is 202 g/mol. The van der Waals surface area contributed by atoms with E-state index in [1.54, 1.807) is 0 Å². The fourth-order valence-electron chi connectivity index (χ4n) is 1.73. The lowest BCUT2D eigenvalue weighted by Gasteiger charge is -2.31. The maximum absolute atomic E-state index is 11.9. The third-order valence-corrected chi connectivity index (χ3v) is 3.07. The number of aryl methyl sites for hydroxylation is 1. The van der Waals surface area contributed by atoms with Gasteiger partial charge in [0, 0.05) is 11.6 Å². The van der Waals surface area contributed by atoms with E-state index in [-0.39, 0.29) is 11.8 Å². The number of nitrogens with zero attached hydrogens (tertiary/aromatic N) is 1. The molecular formula is C12H17N3O. The Kier molecular flexibility index (Phi) is 3.19. The van der Waals surface area contributed by atoms with Gasteiger partial charge < -0.3 is 10.6 Å². The molecule has 1 aliphatic rings. The summed E-state index contributed by atoms with van der Waals surface area (Å²) in [4.78, 5) is 16.1. The van der Waals surface area contributed by atoms with E-state index in [1.165, 1.54) is 0 Å². The molecule has 4 heteroatoms. The van der Waals surface area contributed by atoms with Crippen LogP contribution in [0.4, 0.5) is 5.82 Å². The number of amides is 1. The molecule has 4 nitrogen and oxygen atoms in total. The largest absolute Gasteiger partial charge is 0.316 e. The van der Waals surface area contributed by atoms with E-state index in [4.69, 9.17) is 0 Å². The highest BCUT2D eigenvalue weighted by Gasteiger charge is 2.28. The van der Waals surface area contributed by atoms with Crippen molar-refractivity contribution in [2.45, 2.75) is 13.8 Å². The highest BCUT2D eigenvalue weighted by molar-refractivity contribution is 5.91. The predicted octanol–water partition coefficient (Wildman–Crippen LogP) is 1.18. The van der Waals surface area contributed by atoms with Crippen LogP contribution in [0, 0.1) is 18.8 Å². The van der Waals surface area contributed by atoms with Crippen LogP contribution in [0.2, 0.25) is 0 Å². The summed E-state index contributed by atoms with van der Waals surface area (Å²) in [5.41, 5.74) is 0.913. The zero-order valence-electron chi connectivity index (χ0n) is 9.66. The smallest absolute Gasteiger partial charge is 0.228 e. The number of anilines is 1. The normalized spacial score (nSPS) is 17.6. The number of carbonyl (C=O) groups excluding carboxylic acids is 1. The summed E-state index contributed by atoms with van der Waals surface area (Å²) in [5, 5.41) is 6.03. The maximum atomic E-state index is 11.9.